The van der Waals surface area contributed by atoms with Crippen LogP contribution in [0.5, 0.6) is 5.75 Å². The summed E-state index contributed by atoms with van der Waals surface area (Å²) in [7, 11) is -0.544. The summed E-state index contributed by atoms with van der Waals surface area (Å²) < 4.78 is 14.2. The Hall–Kier alpha value is -2.93. The molecule has 31 heavy (non-hydrogen) atoms. The number of aromatic nitrogens is 2. The summed E-state index contributed by atoms with van der Waals surface area (Å²) in [6.45, 7) is 7.87. The van der Waals surface area contributed by atoms with Crippen molar-refractivity contribution in [2.75, 3.05) is 29.5 Å². The molecule has 162 valence electrons. The molecule has 1 aliphatic heterocycles. The van der Waals surface area contributed by atoms with E-state index in [1.165, 1.54) is 0 Å². The Morgan fingerprint density at radius 2 is 1.97 bits per heavy atom. The molecule has 2 heterocycles. The molecule has 0 aliphatic carbocycles. The van der Waals surface area contributed by atoms with E-state index in [9.17, 15) is 0 Å². The zero-order chi connectivity index (χ0) is 21.8. The van der Waals surface area contributed by atoms with Crippen molar-refractivity contribution in [1.82, 2.24) is 9.97 Å². The summed E-state index contributed by atoms with van der Waals surface area (Å²) >= 11 is 0. The predicted octanol–water partition coefficient (Wildman–Crippen LogP) is 5.87. The van der Waals surface area contributed by atoms with Crippen molar-refractivity contribution in [2.24, 2.45) is 5.41 Å². The molecule has 0 saturated heterocycles. The van der Waals surface area contributed by atoms with Crippen molar-refractivity contribution in [3.05, 3.63) is 54.7 Å². The minimum atomic E-state index is -0.544. The van der Waals surface area contributed by atoms with E-state index < -0.39 is 10.7 Å². The number of anilines is 3. The largest absolute Gasteiger partial charge is 0.494 e. The van der Waals surface area contributed by atoms with Gasteiger partial charge in [-0.25, -0.2) is 4.98 Å². The van der Waals surface area contributed by atoms with Gasteiger partial charge in [-0.3, -0.25) is 4.78 Å². The van der Waals surface area contributed by atoms with Crippen LogP contribution >= 0.6 is 0 Å². The second kappa shape index (κ2) is 9.06. The zero-order valence-corrected chi connectivity index (χ0v) is 19.1. The molecular weight excluding hydrogens is 406 g/mol. The third-order valence-electron chi connectivity index (χ3n) is 5.36. The number of benzene rings is 2. The molecule has 1 atom stereocenters. The van der Waals surface area contributed by atoms with Crippen LogP contribution in [0.3, 0.4) is 0 Å². The maximum Gasteiger partial charge on any atom is 0.229 e. The van der Waals surface area contributed by atoms with Gasteiger partial charge in [0.2, 0.25) is 5.95 Å². The fourth-order valence-electron chi connectivity index (χ4n) is 3.45. The molecule has 4 bridgehead atoms. The molecule has 0 saturated carbocycles. The monoisotopic (exact) mass is 435 g/mol. The fourth-order valence-corrected chi connectivity index (χ4v) is 4.95. The lowest BCUT2D eigenvalue weighted by Gasteiger charge is -2.26. The number of hydrogen-bond donors (Lipinski definition) is 3. The third-order valence-corrected chi connectivity index (χ3v) is 6.79. The van der Waals surface area contributed by atoms with Gasteiger partial charge in [-0.2, -0.15) is 4.98 Å². The zero-order valence-electron chi connectivity index (χ0n) is 18.2. The molecule has 0 fully saturated rings. The normalized spacial score (nSPS) is 17.8. The Labute approximate surface area is 186 Å². The summed E-state index contributed by atoms with van der Waals surface area (Å²) in [5.41, 5.74) is 2.93. The van der Waals surface area contributed by atoms with E-state index in [0.29, 0.717) is 12.6 Å². The number of fused-ring (bicyclic) bond motifs is 4. The van der Waals surface area contributed by atoms with Crippen molar-refractivity contribution >= 4 is 28.1 Å². The van der Waals surface area contributed by atoms with Crippen LogP contribution in [0.1, 0.15) is 27.2 Å². The average molecular weight is 436 g/mol. The van der Waals surface area contributed by atoms with E-state index >= 15 is 0 Å². The molecular formula is C24H29N5OS. The molecule has 3 aromatic rings. The first kappa shape index (κ1) is 21.3. The molecule has 1 aromatic heterocycles. The first-order valence-corrected chi connectivity index (χ1v) is 12.0. The third kappa shape index (κ3) is 5.22. The molecule has 1 unspecified atom stereocenters. The van der Waals surface area contributed by atoms with E-state index in [2.05, 4.69) is 29.5 Å². The van der Waals surface area contributed by atoms with Crippen molar-refractivity contribution in [3.8, 4) is 16.9 Å². The van der Waals surface area contributed by atoms with Gasteiger partial charge in [-0.15, -0.1) is 0 Å². The summed E-state index contributed by atoms with van der Waals surface area (Å²) in [6, 6.07) is 16.1. The van der Waals surface area contributed by atoms with E-state index in [1.54, 1.807) is 0 Å². The number of nitrogens with zero attached hydrogens (tertiary/aromatic N) is 2. The highest BCUT2D eigenvalue weighted by Crippen LogP contribution is 2.31. The Morgan fingerprint density at radius 1 is 1.16 bits per heavy atom. The summed E-state index contributed by atoms with van der Waals surface area (Å²) in [5.74, 6) is 3.03. The molecule has 6 nitrogen and oxygen atoms in total. The fraction of sp³-hybridized carbons (Fsp3) is 0.333. The van der Waals surface area contributed by atoms with Crippen LogP contribution in [-0.4, -0.2) is 28.9 Å². The predicted molar refractivity (Wildman–Crippen MR) is 128 cm³/mol. The summed E-state index contributed by atoms with van der Waals surface area (Å²) in [5, 5.41) is 6.87. The number of ether oxygens (including phenoxy) is 1. The smallest absolute Gasteiger partial charge is 0.229 e. The van der Waals surface area contributed by atoms with Gasteiger partial charge >= 0.3 is 0 Å². The van der Waals surface area contributed by atoms with Crippen molar-refractivity contribution in [2.45, 2.75) is 32.1 Å². The van der Waals surface area contributed by atoms with Gasteiger partial charge in [-0.1, -0.05) is 42.7 Å². The first-order chi connectivity index (χ1) is 14.9. The molecule has 0 amide bonds. The summed E-state index contributed by atoms with van der Waals surface area (Å²) in [6.07, 6.45) is 2.82. The van der Waals surface area contributed by atoms with Crippen LogP contribution in [0.4, 0.5) is 17.5 Å². The lowest BCUT2D eigenvalue weighted by Crippen LogP contribution is -2.25. The first-order valence-electron chi connectivity index (χ1n) is 10.6. The Balaban J connectivity index is 1.73. The average Bonchev–Trinajstić information content (AvgIpc) is 2.77. The maximum atomic E-state index is 8.61. The van der Waals surface area contributed by atoms with Crippen LogP contribution < -0.4 is 15.4 Å². The van der Waals surface area contributed by atoms with Crippen LogP contribution in [0, 0.1) is 10.2 Å². The molecule has 1 aliphatic rings. The van der Waals surface area contributed by atoms with Gasteiger partial charge in [0.15, 0.2) is 0 Å². The van der Waals surface area contributed by atoms with Crippen LogP contribution in [-0.2, 0) is 10.7 Å². The van der Waals surface area contributed by atoms with Gasteiger partial charge in [-0.05, 0) is 54.7 Å². The molecule has 3 N–H and O–H groups in total. The Morgan fingerprint density at radius 3 is 2.74 bits per heavy atom. The highest BCUT2D eigenvalue weighted by Gasteiger charge is 2.21. The highest BCUT2D eigenvalue weighted by atomic mass is 32.2. The second-order valence-corrected chi connectivity index (χ2v) is 10.1. The summed E-state index contributed by atoms with van der Waals surface area (Å²) in [4.78, 5) is 10.4. The number of hydrogen-bond acceptors (Lipinski definition) is 6. The lowest BCUT2D eigenvalue weighted by atomic mass is 9.90. The number of rotatable bonds is 3. The van der Waals surface area contributed by atoms with Gasteiger partial charge in [0.25, 0.3) is 0 Å². The van der Waals surface area contributed by atoms with E-state index in [-0.39, 0.29) is 5.41 Å². The molecule has 4 rings (SSSR count). The van der Waals surface area contributed by atoms with Crippen LogP contribution in [0.2, 0.25) is 0 Å². The van der Waals surface area contributed by atoms with Gasteiger partial charge < -0.3 is 15.4 Å². The van der Waals surface area contributed by atoms with E-state index in [0.717, 1.165) is 52.0 Å². The minimum Gasteiger partial charge on any atom is -0.494 e. The van der Waals surface area contributed by atoms with Crippen LogP contribution in [0.25, 0.3) is 11.1 Å². The second-order valence-electron chi connectivity index (χ2n) is 8.43. The van der Waals surface area contributed by atoms with Crippen LogP contribution in [0.15, 0.2) is 59.6 Å². The standard InChI is InChI=1S/C24H29N5OS/c1-4-30-19-10-8-17(9-11-19)21-15-26-23-28-18-6-5-7-20(14-18)31(25)13-12-24(2,3)16-27-22(21)29-23/h5-11,14-15,25H,4,12-13,16H2,1-3H3,(H2,26,27,28,29). The molecule has 0 radical (unpaired) electrons. The lowest BCUT2D eigenvalue weighted by molar-refractivity contribution is 0.340. The molecule has 7 heteroatoms. The van der Waals surface area contributed by atoms with Gasteiger partial charge in [0.1, 0.15) is 11.6 Å². The minimum absolute atomic E-state index is 0.0343. The van der Waals surface area contributed by atoms with Crippen molar-refractivity contribution < 1.29 is 4.74 Å². The van der Waals surface area contributed by atoms with E-state index in [1.807, 2.05) is 61.7 Å². The van der Waals surface area contributed by atoms with Crippen molar-refractivity contribution in [1.29, 1.82) is 4.78 Å². The number of nitrogens with one attached hydrogen (secondary N) is 3. The maximum absolute atomic E-state index is 8.61. The molecule has 0 spiro atoms. The van der Waals surface area contributed by atoms with Crippen molar-refractivity contribution in [3.63, 3.8) is 0 Å². The highest BCUT2D eigenvalue weighted by molar-refractivity contribution is 7.86. The van der Waals surface area contributed by atoms with Gasteiger partial charge in [0, 0.05) is 34.6 Å². The Kier molecular flexibility index (Phi) is 6.23. The van der Waals surface area contributed by atoms with E-state index in [4.69, 9.17) is 14.5 Å². The topological polar surface area (TPSA) is 82.9 Å². The van der Waals surface area contributed by atoms with Gasteiger partial charge in [0.05, 0.1) is 6.61 Å². The SMILES string of the molecule is CCOc1ccc(-c2cnc3nc2NCC(C)(C)CCS(=N)c2cccc(c2)N3)cc1. The Bertz CT molecular complexity index is 1080. The molecule has 2 aromatic carbocycles. The quantitative estimate of drug-likeness (QED) is 0.479.